The Bertz CT molecular complexity index is 467. The fourth-order valence-electron chi connectivity index (χ4n) is 2.18. The quantitative estimate of drug-likeness (QED) is 0.874. The Hall–Kier alpha value is -0.880. The van der Waals surface area contributed by atoms with Crippen molar-refractivity contribution < 1.29 is 12.9 Å². The molecule has 96 valence electrons. The van der Waals surface area contributed by atoms with Gasteiger partial charge in [0.15, 0.2) is 9.84 Å². The third kappa shape index (κ3) is 2.69. The summed E-state index contributed by atoms with van der Waals surface area (Å²) in [6, 6.07) is 0. The minimum absolute atomic E-state index is 0.0544. The van der Waals surface area contributed by atoms with Crippen LogP contribution in [0.3, 0.4) is 0 Å². The van der Waals surface area contributed by atoms with E-state index in [1.807, 2.05) is 0 Å². The fourth-order valence-corrected chi connectivity index (χ4v) is 4.19. The van der Waals surface area contributed by atoms with Crippen molar-refractivity contribution in [2.75, 3.05) is 13.1 Å². The topological polar surface area (TPSA) is 72.2 Å². The number of aryl methyl sites for hydroxylation is 2. The number of hydrogen-bond donors (Lipinski definition) is 1. The SMILES string of the molecule is Cc1noc(C)c1CS(=O)(=O)C1CCNCC1. The molecule has 0 radical (unpaired) electrons. The van der Waals surface area contributed by atoms with Crippen LogP contribution in [0.15, 0.2) is 4.52 Å². The molecule has 2 rings (SSSR count). The van der Waals surface area contributed by atoms with Crippen molar-refractivity contribution in [2.45, 2.75) is 37.7 Å². The predicted octanol–water partition coefficient (Wildman–Crippen LogP) is 0.958. The summed E-state index contributed by atoms with van der Waals surface area (Å²) >= 11 is 0. The van der Waals surface area contributed by atoms with E-state index in [0.717, 1.165) is 18.7 Å². The highest BCUT2D eigenvalue weighted by molar-refractivity contribution is 7.91. The van der Waals surface area contributed by atoms with Gasteiger partial charge >= 0.3 is 0 Å². The number of sulfone groups is 1. The minimum atomic E-state index is -3.09. The van der Waals surface area contributed by atoms with E-state index in [1.165, 1.54) is 0 Å². The Labute approximate surface area is 101 Å². The summed E-state index contributed by atoms with van der Waals surface area (Å²) in [6.07, 6.45) is 1.40. The van der Waals surface area contributed by atoms with Crippen LogP contribution in [0.25, 0.3) is 0 Å². The molecule has 1 N–H and O–H groups in total. The van der Waals surface area contributed by atoms with Crippen molar-refractivity contribution in [1.82, 2.24) is 10.5 Å². The van der Waals surface area contributed by atoms with Gasteiger partial charge in [-0.25, -0.2) is 8.42 Å². The lowest BCUT2D eigenvalue weighted by molar-refractivity contribution is 0.392. The maximum Gasteiger partial charge on any atom is 0.157 e. The molecule has 5 nitrogen and oxygen atoms in total. The molecule has 17 heavy (non-hydrogen) atoms. The molecular formula is C11H18N2O3S. The van der Waals surface area contributed by atoms with Gasteiger partial charge in [-0.05, 0) is 39.8 Å². The molecule has 0 aliphatic carbocycles. The molecule has 0 bridgehead atoms. The van der Waals surface area contributed by atoms with Gasteiger partial charge in [-0.1, -0.05) is 5.16 Å². The van der Waals surface area contributed by atoms with E-state index in [0.29, 0.717) is 24.3 Å². The highest BCUT2D eigenvalue weighted by Crippen LogP contribution is 2.22. The van der Waals surface area contributed by atoms with Gasteiger partial charge in [0.2, 0.25) is 0 Å². The molecule has 1 aromatic rings. The van der Waals surface area contributed by atoms with Gasteiger partial charge in [-0.15, -0.1) is 0 Å². The molecule has 0 spiro atoms. The van der Waals surface area contributed by atoms with E-state index in [-0.39, 0.29) is 11.0 Å². The Morgan fingerprint density at radius 2 is 2.00 bits per heavy atom. The van der Waals surface area contributed by atoms with Crippen molar-refractivity contribution in [3.05, 3.63) is 17.0 Å². The van der Waals surface area contributed by atoms with Gasteiger partial charge < -0.3 is 9.84 Å². The number of aromatic nitrogens is 1. The van der Waals surface area contributed by atoms with Gasteiger partial charge in [0.1, 0.15) is 5.76 Å². The molecule has 0 saturated carbocycles. The van der Waals surface area contributed by atoms with Crippen LogP contribution < -0.4 is 5.32 Å². The first-order valence-corrected chi connectivity index (χ1v) is 7.56. The maximum atomic E-state index is 12.3. The third-order valence-corrected chi connectivity index (χ3v) is 5.50. The molecule has 1 aromatic heterocycles. The van der Waals surface area contributed by atoms with Crippen LogP contribution >= 0.6 is 0 Å². The summed E-state index contributed by atoms with van der Waals surface area (Å²) in [5.41, 5.74) is 1.41. The summed E-state index contributed by atoms with van der Waals surface area (Å²) in [7, 11) is -3.09. The van der Waals surface area contributed by atoms with Gasteiger partial charge in [0.05, 0.1) is 16.7 Å². The number of rotatable bonds is 3. The largest absolute Gasteiger partial charge is 0.361 e. The Morgan fingerprint density at radius 1 is 1.35 bits per heavy atom. The molecule has 6 heteroatoms. The Balaban J connectivity index is 2.17. The van der Waals surface area contributed by atoms with Crippen LogP contribution in [0.2, 0.25) is 0 Å². The Kier molecular flexibility index (Phi) is 3.53. The zero-order chi connectivity index (χ0) is 12.5. The van der Waals surface area contributed by atoms with Crippen LogP contribution in [-0.2, 0) is 15.6 Å². The number of hydrogen-bond acceptors (Lipinski definition) is 5. The standard InChI is InChI=1S/C11H18N2O3S/c1-8-11(9(2)16-13-8)7-17(14,15)10-3-5-12-6-4-10/h10,12H,3-7H2,1-2H3. The predicted molar refractivity (Wildman–Crippen MR) is 64.5 cm³/mol. The van der Waals surface area contributed by atoms with Crippen LogP contribution in [0.5, 0.6) is 0 Å². The second kappa shape index (κ2) is 4.78. The lowest BCUT2D eigenvalue weighted by Crippen LogP contribution is -2.36. The first-order valence-electron chi connectivity index (χ1n) is 5.85. The molecular weight excluding hydrogens is 240 g/mol. The normalized spacial score (nSPS) is 18.5. The van der Waals surface area contributed by atoms with E-state index < -0.39 is 9.84 Å². The fraction of sp³-hybridized carbons (Fsp3) is 0.727. The van der Waals surface area contributed by atoms with Crippen molar-refractivity contribution in [1.29, 1.82) is 0 Å². The van der Waals surface area contributed by atoms with Crippen molar-refractivity contribution >= 4 is 9.84 Å². The monoisotopic (exact) mass is 258 g/mol. The van der Waals surface area contributed by atoms with Crippen LogP contribution in [0.1, 0.15) is 29.9 Å². The number of nitrogens with one attached hydrogen (secondary N) is 1. The number of piperidine rings is 1. The molecule has 0 unspecified atom stereocenters. The number of nitrogens with zero attached hydrogens (tertiary/aromatic N) is 1. The van der Waals surface area contributed by atoms with E-state index >= 15 is 0 Å². The average Bonchev–Trinajstić information content (AvgIpc) is 2.62. The molecule has 0 atom stereocenters. The lowest BCUT2D eigenvalue weighted by atomic mass is 10.2. The second-order valence-corrected chi connectivity index (χ2v) is 6.84. The molecule has 1 saturated heterocycles. The zero-order valence-electron chi connectivity index (χ0n) is 10.2. The van der Waals surface area contributed by atoms with Gasteiger partial charge in [-0.3, -0.25) is 0 Å². The summed E-state index contributed by atoms with van der Waals surface area (Å²) in [5, 5.41) is 6.74. The van der Waals surface area contributed by atoms with E-state index in [4.69, 9.17) is 4.52 Å². The van der Waals surface area contributed by atoms with Crippen molar-refractivity contribution in [3.63, 3.8) is 0 Å². The van der Waals surface area contributed by atoms with Crippen molar-refractivity contribution in [3.8, 4) is 0 Å². The Morgan fingerprint density at radius 3 is 2.53 bits per heavy atom. The van der Waals surface area contributed by atoms with Crippen LogP contribution in [0, 0.1) is 13.8 Å². The van der Waals surface area contributed by atoms with E-state index in [2.05, 4.69) is 10.5 Å². The average molecular weight is 258 g/mol. The first kappa shape index (κ1) is 12.6. The summed E-state index contributed by atoms with van der Waals surface area (Å²) in [5.74, 6) is 0.666. The first-order chi connectivity index (χ1) is 8.00. The van der Waals surface area contributed by atoms with Crippen LogP contribution in [0.4, 0.5) is 0 Å². The molecule has 1 fully saturated rings. The zero-order valence-corrected chi connectivity index (χ0v) is 11.0. The van der Waals surface area contributed by atoms with Gasteiger partial charge in [0.25, 0.3) is 0 Å². The van der Waals surface area contributed by atoms with Gasteiger partial charge in [-0.2, -0.15) is 0 Å². The van der Waals surface area contributed by atoms with E-state index in [1.54, 1.807) is 13.8 Å². The maximum absolute atomic E-state index is 12.3. The highest BCUT2D eigenvalue weighted by Gasteiger charge is 2.29. The lowest BCUT2D eigenvalue weighted by Gasteiger charge is -2.22. The van der Waals surface area contributed by atoms with Crippen molar-refractivity contribution in [2.24, 2.45) is 0 Å². The third-order valence-electron chi connectivity index (χ3n) is 3.32. The second-order valence-electron chi connectivity index (χ2n) is 4.56. The molecule has 1 aliphatic rings. The van der Waals surface area contributed by atoms with Gasteiger partial charge in [0, 0.05) is 5.56 Å². The van der Waals surface area contributed by atoms with Crippen LogP contribution in [-0.4, -0.2) is 31.9 Å². The smallest absolute Gasteiger partial charge is 0.157 e. The summed E-state index contributed by atoms with van der Waals surface area (Å²) in [6.45, 7) is 5.11. The van der Waals surface area contributed by atoms with E-state index in [9.17, 15) is 8.42 Å². The molecule has 0 aromatic carbocycles. The molecule has 0 amide bonds. The molecule has 2 heterocycles. The minimum Gasteiger partial charge on any atom is -0.361 e. The highest BCUT2D eigenvalue weighted by atomic mass is 32.2. The molecule has 1 aliphatic heterocycles. The summed E-state index contributed by atoms with van der Waals surface area (Å²) < 4.78 is 29.5. The summed E-state index contributed by atoms with van der Waals surface area (Å²) in [4.78, 5) is 0.